The van der Waals surface area contributed by atoms with E-state index in [-0.39, 0.29) is 11.3 Å². The van der Waals surface area contributed by atoms with E-state index in [1.165, 1.54) is 11.1 Å². The van der Waals surface area contributed by atoms with Crippen molar-refractivity contribution in [2.24, 2.45) is 0 Å². The minimum Gasteiger partial charge on any atom is -0.494 e. The van der Waals surface area contributed by atoms with E-state index in [9.17, 15) is 4.79 Å². The zero-order chi connectivity index (χ0) is 23.0. The van der Waals surface area contributed by atoms with E-state index in [0.29, 0.717) is 38.0 Å². The molecule has 1 fully saturated rings. The van der Waals surface area contributed by atoms with Crippen molar-refractivity contribution in [3.05, 3.63) is 65.2 Å². The lowest BCUT2D eigenvalue weighted by molar-refractivity contribution is 0.0487. The largest absolute Gasteiger partial charge is 0.494 e. The van der Waals surface area contributed by atoms with Crippen LogP contribution in [0.4, 0.5) is 0 Å². The van der Waals surface area contributed by atoms with Crippen molar-refractivity contribution in [1.29, 1.82) is 0 Å². The number of hydrogen-bond donors (Lipinski definition) is 1. The van der Waals surface area contributed by atoms with Gasteiger partial charge in [-0.15, -0.1) is 0 Å². The summed E-state index contributed by atoms with van der Waals surface area (Å²) in [6, 6.07) is 16.8. The SMILES string of the molecule is CCOc1ccc(C2(CNC(=O)c3ccc(CN(CC)C(C)C)cc3)CCOCC2)cc1. The Morgan fingerprint density at radius 2 is 1.72 bits per heavy atom. The molecular weight excluding hydrogens is 400 g/mol. The summed E-state index contributed by atoms with van der Waals surface area (Å²) < 4.78 is 11.2. The molecule has 1 heterocycles. The van der Waals surface area contributed by atoms with E-state index in [1.807, 2.05) is 31.2 Å². The van der Waals surface area contributed by atoms with Gasteiger partial charge in [0.1, 0.15) is 5.75 Å². The summed E-state index contributed by atoms with van der Waals surface area (Å²) in [6.45, 7) is 13.2. The Morgan fingerprint density at radius 3 is 2.28 bits per heavy atom. The fourth-order valence-corrected chi connectivity index (χ4v) is 4.41. The summed E-state index contributed by atoms with van der Waals surface area (Å²) >= 11 is 0. The molecule has 0 atom stereocenters. The molecule has 0 unspecified atom stereocenters. The molecule has 0 radical (unpaired) electrons. The number of hydrogen-bond acceptors (Lipinski definition) is 4. The van der Waals surface area contributed by atoms with Crippen LogP contribution < -0.4 is 10.1 Å². The highest BCUT2D eigenvalue weighted by Crippen LogP contribution is 2.35. The van der Waals surface area contributed by atoms with Crippen LogP contribution in [0.3, 0.4) is 0 Å². The second kappa shape index (κ2) is 11.5. The highest BCUT2D eigenvalue weighted by Gasteiger charge is 2.35. The molecule has 0 aromatic heterocycles. The smallest absolute Gasteiger partial charge is 0.251 e. The van der Waals surface area contributed by atoms with Crippen LogP contribution in [0.1, 0.15) is 62.0 Å². The zero-order valence-electron chi connectivity index (χ0n) is 20.0. The molecule has 32 heavy (non-hydrogen) atoms. The Balaban J connectivity index is 1.66. The van der Waals surface area contributed by atoms with Gasteiger partial charge in [-0.05, 0) is 75.5 Å². The molecular formula is C27H38N2O3. The third kappa shape index (κ3) is 6.11. The third-order valence-corrected chi connectivity index (χ3v) is 6.55. The lowest BCUT2D eigenvalue weighted by atomic mass is 9.74. The standard InChI is InChI=1S/C27H38N2O3/c1-5-29(21(3)4)19-22-7-9-23(10-8-22)26(30)28-20-27(15-17-31-18-16-27)24-11-13-25(14-12-24)32-6-2/h7-14,21H,5-6,15-20H2,1-4H3,(H,28,30). The second-order valence-electron chi connectivity index (χ2n) is 8.89. The van der Waals surface area contributed by atoms with Crippen LogP contribution in [0.2, 0.25) is 0 Å². The van der Waals surface area contributed by atoms with Gasteiger partial charge in [0, 0.05) is 43.3 Å². The Hall–Kier alpha value is -2.37. The van der Waals surface area contributed by atoms with Gasteiger partial charge in [0.05, 0.1) is 6.61 Å². The molecule has 2 aromatic carbocycles. The summed E-state index contributed by atoms with van der Waals surface area (Å²) in [5.74, 6) is 0.853. The Morgan fingerprint density at radius 1 is 1.06 bits per heavy atom. The first-order chi connectivity index (χ1) is 15.5. The lowest BCUT2D eigenvalue weighted by Crippen LogP contribution is -2.44. The fourth-order valence-electron chi connectivity index (χ4n) is 4.41. The number of nitrogens with zero attached hydrogens (tertiary/aromatic N) is 1. The summed E-state index contributed by atoms with van der Waals surface area (Å²) in [6.07, 6.45) is 1.78. The van der Waals surface area contributed by atoms with Gasteiger partial charge in [0.15, 0.2) is 0 Å². The minimum absolute atomic E-state index is 0.0236. The van der Waals surface area contributed by atoms with Gasteiger partial charge in [0.25, 0.3) is 5.91 Å². The number of amides is 1. The predicted molar refractivity (Wildman–Crippen MR) is 129 cm³/mol. The van der Waals surface area contributed by atoms with E-state index in [1.54, 1.807) is 0 Å². The van der Waals surface area contributed by atoms with E-state index in [0.717, 1.165) is 31.7 Å². The molecule has 0 saturated carbocycles. The van der Waals surface area contributed by atoms with Gasteiger partial charge in [0.2, 0.25) is 0 Å². The summed E-state index contributed by atoms with van der Waals surface area (Å²) in [4.78, 5) is 15.3. The number of nitrogens with one attached hydrogen (secondary N) is 1. The average molecular weight is 439 g/mol. The van der Waals surface area contributed by atoms with Crippen LogP contribution in [-0.2, 0) is 16.7 Å². The molecule has 1 saturated heterocycles. The van der Waals surface area contributed by atoms with Crippen LogP contribution >= 0.6 is 0 Å². The third-order valence-electron chi connectivity index (χ3n) is 6.55. The maximum atomic E-state index is 12.9. The van der Waals surface area contributed by atoms with Gasteiger partial charge in [-0.3, -0.25) is 9.69 Å². The first-order valence-corrected chi connectivity index (χ1v) is 11.9. The predicted octanol–water partition coefficient (Wildman–Crippen LogP) is 4.79. The van der Waals surface area contributed by atoms with Crippen molar-refractivity contribution < 1.29 is 14.3 Å². The molecule has 3 rings (SSSR count). The van der Waals surface area contributed by atoms with Crippen LogP contribution in [-0.4, -0.2) is 49.8 Å². The Labute approximate surface area is 193 Å². The van der Waals surface area contributed by atoms with Crippen molar-refractivity contribution >= 4 is 5.91 Å². The molecule has 1 aliphatic rings. The minimum atomic E-state index is -0.114. The van der Waals surface area contributed by atoms with Crippen molar-refractivity contribution in [2.45, 2.75) is 58.5 Å². The molecule has 0 bridgehead atoms. The topological polar surface area (TPSA) is 50.8 Å². The molecule has 2 aromatic rings. The number of carbonyl (C=O) groups excluding carboxylic acids is 1. The first-order valence-electron chi connectivity index (χ1n) is 11.9. The van der Waals surface area contributed by atoms with Crippen molar-refractivity contribution in [3.8, 4) is 5.75 Å². The fraction of sp³-hybridized carbons (Fsp3) is 0.519. The van der Waals surface area contributed by atoms with Crippen LogP contribution in [0.15, 0.2) is 48.5 Å². The van der Waals surface area contributed by atoms with Crippen LogP contribution in [0.25, 0.3) is 0 Å². The van der Waals surface area contributed by atoms with Gasteiger partial charge in [-0.2, -0.15) is 0 Å². The van der Waals surface area contributed by atoms with Gasteiger partial charge < -0.3 is 14.8 Å². The Bertz CT molecular complexity index is 840. The van der Waals surface area contributed by atoms with E-state index in [2.05, 4.69) is 55.3 Å². The van der Waals surface area contributed by atoms with Gasteiger partial charge >= 0.3 is 0 Å². The normalized spacial score (nSPS) is 15.7. The van der Waals surface area contributed by atoms with E-state index >= 15 is 0 Å². The second-order valence-corrected chi connectivity index (χ2v) is 8.89. The van der Waals surface area contributed by atoms with Gasteiger partial charge in [-0.1, -0.05) is 31.2 Å². The zero-order valence-corrected chi connectivity index (χ0v) is 20.0. The Kier molecular flexibility index (Phi) is 8.71. The molecule has 174 valence electrons. The van der Waals surface area contributed by atoms with Gasteiger partial charge in [-0.25, -0.2) is 0 Å². The summed E-state index contributed by atoms with van der Waals surface area (Å²) in [5.41, 5.74) is 3.05. The maximum absolute atomic E-state index is 12.9. The average Bonchev–Trinajstić information content (AvgIpc) is 2.82. The quantitative estimate of drug-likeness (QED) is 0.579. The maximum Gasteiger partial charge on any atom is 0.251 e. The van der Waals surface area contributed by atoms with E-state index < -0.39 is 0 Å². The lowest BCUT2D eigenvalue weighted by Gasteiger charge is -2.38. The van der Waals surface area contributed by atoms with Crippen molar-refractivity contribution in [3.63, 3.8) is 0 Å². The molecule has 0 spiro atoms. The molecule has 1 amide bonds. The first kappa shape index (κ1) is 24.3. The van der Waals surface area contributed by atoms with Crippen molar-refractivity contribution in [2.75, 3.05) is 32.9 Å². The monoisotopic (exact) mass is 438 g/mol. The molecule has 5 heteroatoms. The van der Waals surface area contributed by atoms with Crippen molar-refractivity contribution in [1.82, 2.24) is 10.2 Å². The number of ether oxygens (including phenoxy) is 2. The number of benzene rings is 2. The summed E-state index contributed by atoms with van der Waals surface area (Å²) in [5, 5.41) is 3.20. The van der Waals surface area contributed by atoms with E-state index in [4.69, 9.17) is 9.47 Å². The van der Waals surface area contributed by atoms with Crippen LogP contribution in [0, 0.1) is 0 Å². The highest BCUT2D eigenvalue weighted by molar-refractivity contribution is 5.94. The molecule has 5 nitrogen and oxygen atoms in total. The number of carbonyl (C=O) groups is 1. The highest BCUT2D eigenvalue weighted by atomic mass is 16.5. The number of rotatable bonds is 10. The summed E-state index contributed by atoms with van der Waals surface area (Å²) in [7, 11) is 0. The molecule has 1 aliphatic heterocycles. The molecule has 0 aliphatic carbocycles. The van der Waals surface area contributed by atoms with Crippen LogP contribution in [0.5, 0.6) is 5.75 Å². The molecule has 1 N–H and O–H groups in total.